The molecule has 0 saturated heterocycles. The number of rotatable bonds is 2. The second-order valence-corrected chi connectivity index (χ2v) is 8.83. The maximum Gasteiger partial charge on any atom is 0.271 e. The third-order valence-corrected chi connectivity index (χ3v) is 6.58. The number of carbonyl (C=O) groups is 3. The van der Waals surface area contributed by atoms with E-state index in [0.717, 1.165) is 16.8 Å². The number of hydrazone groups is 1. The second kappa shape index (κ2) is 7.61. The first-order chi connectivity index (χ1) is 14.2. The number of carbonyl (C=O) groups excluding carboxylic acids is 3. The smallest absolute Gasteiger partial charge is 0.271 e. The van der Waals surface area contributed by atoms with Gasteiger partial charge in [-0.1, -0.05) is 47.5 Å². The Balaban J connectivity index is 1.80. The molecule has 0 unspecified atom stereocenters. The van der Waals surface area contributed by atoms with E-state index >= 15 is 0 Å². The van der Waals surface area contributed by atoms with Gasteiger partial charge >= 0.3 is 0 Å². The van der Waals surface area contributed by atoms with Crippen molar-refractivity contribution in [3.8, 4) is 0 Å². The van der Waals surface area contributed by atoms with Gasteiger partial charge in [0.1, 0.15) is 0 Å². The molecule has 0 saturated carbocycles. The Labute approximate surface area is 187 Å². The van der Waals surface area contributed by atoms with Gasteiger partial charge < -0.3 is 10.2 Å². The molecule has 2 aromatic rings. The number of nitrogens with one attached hydrogen (secondary N) is 1. The number of hydrogen-bond acceptors (Lipinski definition) is 5. The molecule has 0 fully saturated rings. The molecule has 2 aliphatic heterocycles. The highest BCUT2D eigenvalue weighted by Gasteiger charge is 2.61. The molecule has 4 rings (SSSR count). The summed E-state index contributed by atoms with van der Waals surface area (Å²) in [5.74, 6) is -1.11. The molecule has 0 aliphatic carbocycles. The van der Waals surface area contributed by atoms with Crippen molar-refractivity contribution in [3.63, 3.8) is 0 Å². The molecule has 10 heteroatoms. The lowest BCUT2D eigenvalue weighted by atomic mass is 10.1. The summed E-state index contributed by atoms with van der Waals surface area (Å²) in [6, 6.07) is 12.3. The van der Waals surface area contributed by atoms with E-state index in [0.29, 0.717) is 26.9 Å². The maximum atomic E-state index is 13.8. The number of fused-ring (bicyclic) bond motifs is 2. The Morgan fingerprint density at radius 3 is 2.57 bits per heavy atom. The number of halogens is 2. The number of amidine groups is 1. The Bertz CT molecular complexity index is 1120. The van der Waals surface area contributed by atoms with Gasteiger partial charge in [-0.2, -0.15) is 5.01 Å². The number of benzene rings is 2. The van der Waals surface area contributed by atoms with Crippen LogP contribution in [0.5, 0.6) is 0 Å². The summed E-state index contributed by atoms with van der Waals surface area (Å²) in [4.78, 5) is 37.9. The first-order valence-electron chi connectivity index (χ1n) is 8.95. The van der Waals surface area contributed by atoms with E-state index in [1.165, 1.54) is 13.8 Å². The minimum absolute atomic E-state index is 0.187. The van der Waals surface area contributed by atoms with E-state index < -0.39 is 10.8 Å². The van der Waals surface area contributed by atoms with E-state index in [-0.39, 0.29) is 23.5 Å². The monoisotopic (exact) mass is 462 g/mol. The van der Waals surface area contributed by atoms with Crippen molar-refractivity contribution in [3.05, 3.63) is 63.6 Å². The third kappa shape index (κ3) is 3.25. The summed E-state index contributed by atoms with van der Waals surface area (Å²) >= 11 is 13.4. The van der Waals surface area contributed by atoms with Gasteiger partial charge in [0.2, 0.25) is 16.7 Å². The molecule has 30 heavy (non-hydrogen) atoms. The van der Waals surface area contributed by atoms with Crippen LogP contribution in [-0.4, -0.2) is 27.9 Å². The first kappa shape index (κ1) is 20.7. The highest BCUT2D eigenvalue weighted by atomic mass is 35.5. The Morgan fingerprint density at radius 1 is 1.17 bits per heavy atom. The molecule has 7 nitrogen and oxygen atoms in total. The highest BCUT2D eigenvalue weighted by molar-refractivity contribution is 8.15. The van der Waals surface area contributed by atoms with Crippen LogP contribution in [-0.2, 0) is 25.8 Å². The number of thioether (sulfide) groups is 1. The minimum atomic E-state index is -1.43. The maximum absolute atomic E-state index is 13.8. The summed E-state index contributed by atoms with van der Waals surface area (Å²) in [6.45, 7) is 2.86. The van der Waals surface area contributed by atoms with Crippen LogP contribution in [0.1, 0.15) is 25.0 Å². The topological polar surface area (TPSA) is 82.1 Å². The van der Waals surface area contributed by atoms with Crippen molar-refractivity contribution >= 4 is 63.5 Å². The number of para-hydroxylation sites is 1. The fraction of sp³-hybridized carbons (Fsp3) is 0.200. The molecule has 1 N–H and O–H groups in total. The van der Waals surface area contributed by atoms with Crippen molar-refractivity contribution in [2.75, 3.05) is 4.90 Å². The number of nitrogens with zero attached hydrogens (tertiary/aromatic N) is 3. The lowest BCUT2D eigenvalue weighted by Crippen LogP contribution is -2.48. The molecule has 1 spiro atoms. The molecule has 3 amide bonds. The highest BCUT2D eigenvalue weighted by Crippen LogP contribution is 2.54. The fourth-order valence-electron chi connectivity index (χ4n) is 3.54. The summed E-state index contributed by atoms with van der Waals surface area (Å²) in [6.07, 6.45) is 0. The minimum Gasteiger partial charge on any atom is -0.304 e. The van der Waals surface area contributed by atoms with Crippen molar-refractivity contribution < 1.29 is 14.4 Å². The van der Waals surface area contributed by atoms with E-state index in [1.54, 1.807) is 41.3 Å². The van der Waals surface area contributed by atoms with Gasteiger partial charge in [-0.15, -0.1) is 5.10 Å². The van der Waals surface area contributed by atoms with Crippen LogP contribution in [0.4, 0.5) is 5.69 Å². The van der Waals surface area contributed by atoms with Gasteiger partial charge in [-0.25, -0.2) is 0 Å². The Hall–Kier alpha value is -2.55. The third-order valence-electron chi connectivity index (χ3n) is 4.75. The zero-order valence-corrected chi connectivity index (χ0v) is 18.3. The summed E-state index contributed by atoms with van der Waals surface area (Å²) in [5.41, 5.74) is 1.97. The van der Waals surface area contributed by atoms with Crippen molar-refractivity contribution in [2.24, 2.45) is 5.10 Å². The van der Waals surface area contributed by atoms with Crippen LogP contribution in [0.25, 0.3) is 0 Å². The van der Waals surface area contributed by atoms with Crippen LogP contribution in [0.3, 0.4) is 0 Å². The average molecular weight is 463 g/mol. The lowest BCUT2D eigenvalue weighted by molar-refractivity contribution is -0.139. The Morgan fingerprint density at radius 2 is 1.90 bits per heavy atom. The molecule has 2 heterocycles. The lowest BCUT2D eigenvalue weighted by Gasteiger charge is -2.29. The summed E-state index contributed by atoms with van der Waals surface area (Å²) in [5, 5.41) is 9.06. The molecule has 0 aromatic heterocycles. The van der Waals surface area contributed by atoms with Crippen LogP contribution in [0.2, 0.25) is 10.0 Å². The van der Waals surface area contributed by atoms with Crippen LogP contribution in [0, 0.1) is 0 Å². The van der Waals surface area contributed by atoms with E-state index in [2.05, 4.69) is 10.4 Å². The molecule has 0 bridgehead atoms. The van der Waals surface area contributed by atoms with E-state index in [1.807, 2.05) is 6.07 Å². The van der Waals surface area contributed by atoms with Crippen LogP contribution >= 0.6 is 35.0 Å². The Kier molecular flexibility index (Phi) is 5.25. The standard InChI is InChI=1S/C20H16Cl2N4O3S/c1-11(27)23-19-24-26(12(2)28)20(30-19)15-5-3-4-6-17(15)25(18(20)29)10-13-7-8-14(21)9-16(13)22/h3-9H,10H2,1-2H3,(H,23,24,27)/t20-/m1/s1. The van der Waals surface area contributed by atoms with Gasteiger partial charge in [0, 0.05) is 29.5 Å². The SMILES string of the molecule is CC(=O)NC1=NN(C(C)=O)[C@]2(S1)C(=O)N(Cc1ccc(Cl)cc1Cl)c1ccccc12. The number of hydrogen-bond donors (Lipinski definition) is 1. The van der Waals surface area contributed by atoms with Gasteiger partial charge in [-0.05, 0) is 35.5 Å². The zero-order valence-electron chi connectivity index (χ0n) is 16.0. The van der Waals surface area contributed by atoms with Crippen LogP contribution < -0.4 is 10.2 Å². The summed E-state index contributed by atoms with van der Waals surface area (Å²) in [7, 11) is 0. The van der Waals surface area contributed by atoms with Crippen LogP contribution in [0.15, 0.2) is 47.6 Å². The predicted molar refractivity (Wildman–Crippen MR) is 117 cm³/mol. The van der Waals surface area contributed by atoms with E-state index in [4.69, 9.17) is 23.2 Å². The molecule has 0 radical (unpaired) electrons. The quantitative estimate of drug-likeness (QED) is 0.737. The first-order valence-corrected chi connectivity index (χ1v) is 10.5. The molecule has 2 aliphatic rings. The fourth-order valence-corrected chi connectivity index (χ4v) is 5.34. The van der Waals surface area contributed by atoms with Gasteiger partial charge in [0.15, 0.2) is 5.17 Å². The molecule has 154 valence electrons. The summed E-state index contributed by atoms with van der Waals surface area (Å²) < 4.78 is 0. The van der Waals surface area contributed by atoms with Gasteiger partial charge in [-0.3, -0.25) is 14.4 Å². The largest absolute Gasteiger partial charge is 0.304 e. The number of amides is 3. The van der Waals surface area contributed by atoms with Gasteiger partial charge in [0.25, 0.3) is 5.91 Å². The van der Waals surface area contributed by atoms with E-state index in [9.17, 15) is 14.4 Å². The van der Waals surface area contributed by atoms with Crippen molar-refractivity contribution in [1.29, 1.82) is 0 Å². The van der Waals surface area contributed by atoms with Gasteiger partial charge in [0.05, 0.1) is 12.2 Å². The molecular weight excluding hydrogens is 447 g/mol. The molecule has 1 atom stereocenters. The van der Waals surface area contributed by atoms with Crippen molar-refractivity contribution in [1.82, 2.24) is 10.3 Å². The normalized spacial score (nSPS) is 19.9. The zero-order chi connectivity index (χ0) is 21.6. The van der Waals surface area contributed by atoms with Crippen molar-refractivity contribution in [2.45, 2.75) is 25.3 Å². The molecular formula is C20H16Cl2N4O3S. The molecule has 2 aromatic carbocycles. The average Bonchev–Trinajstić information content (AvgIpc) is 3.16. The number of anilines is 1. The second-order valence-electron chi connectivity index (χ2n) is 6.81. The predicted octanol–water partition coefficient (Wildman–Crippen LogP) is 3.70.